The van der Waals surface area contributed by atoms with Crippen molar-refractivity contribution in [1.82, 2.24) is 0 Å². The average Bonchev–Trinajstić information content (AvgIpc) is 3.06. The first-order valence-electron chi connectivity index (χ1n) is 13.5. The van der Waals surface area contributed by atoms with Gasteiger partial charge >= 0.3 is 0 Å². The first-order chi connectivity index (χ1) is 14.2. The lowest BCUT2D eigenvalue weighted by Gasteiger charge is -2.61. The molecule has 0 N–H and O–H groups in total. The minimum absolute atomic E-state index is 0.0112. The van der Waals surface area contributed by atoms with Crippen LogP contribution in [0.4, 0.5) is 0 Å². The van der Waals surface area contributed by atoms with Crippen LogP contribution in [-0.2, 0) is 0 Å². The highest BCUT2D eigenvalue weighted by Gasteiger charge is 2.60. The van der Waals surface area contributed by atoms with Crippen LogP contribution in [0.15, 0.2) is 5.18 Å². The third kappa shape index (κ3) is 3.71. The van der Waals surface area contributed by atoms with E-state index in [1.807, 2.05) is 0 Å². The quantitative estimate of drug-likeness (QED) is 0.400. The molecular formula is C28H49NO. The summed E-state index contributed by atoms with van der Waals surface area (Å²) in [7, 11) is 0. The van der Waals surface area contributed by atoms with Gasteiger partial charge in [0.1, 0.15) is 0 Å². The lowest BCUT2D eigenvalue weighted by Crippen LogP contribution is -2.53. The molecule has 0 heterocycles. The molecule has 0 saturated heterocycles. The molecule has 4 fully saturated rings. The number of rotatable bonds is 6. The fourth-order valence-corrected chi connectivity index (χ4v) is 9.59. The van der Waals surface area contributed by atoms with E-state index in [-0.39, 0.29) is 6.04 Å². The second-order valence-electron chi connectivity index (χ2n) is 13.2. The molecule has 0 amide bonds. The van der Waals surface area contributed by atoms with E-state index >= 15 is 0 Å². The van der Waals surface area contributed by atoms with E-state index < -0.39 is 0 Å². The van der Waals surface area contributed by atoms with Crippen LogP contribution < -0.4 is 0 Å². The first kappa shape index (κ1) is 22.8. The Labute approximate surface area is 186 Å². The lowest BCUT2D eigenvalue weighted by molar-refractivity contribution is -0.120. The Morgan fingerprint density at radius 3 is 2.27 bits per heavy atom. The monoisotopic (exact) mass is 415 g/mol. The summed E-state index contributed by atoms with van der Waals surface area (Å²) < 4.78 is 0. The molecule has 4 saturated carbocycles. The summed E-state index contributed by atoms with van der Waals surface area (Å²) in [5, 5.41) is 3.44. The number of nitrogens with zero attached hydrogens (tertiary/aromatic N) is 1. The maximum Gasteiger partial charge on any atom is 0.0942 e. The van der Waals surface area contributed by atoms with Crippen molar-refractivity contribution in [2.75, 3.05) is 0 Å². The normalized spacial score (nSPS) is 47.8. The molecular weight excluding hydrogens is 366 g/mol. The molecule has 0 aromatic rings. The Bertz CT molecular complexity index is 616. The Morgan fingerprint density at radius 2 is 1.57 bits per heavy atom. The van der Waals surface area contributed by atoms with Crippen LogP contribution in [0.5, 0.6) is 0 Å². The van der Waals surface area contributed by atoms with E-state index in [9.17, 15) is 4.91 Å². The Hall–Kier alpha value is -0.400. The summed E-state index contributed by atoms with van der Waals surface area (Å²) in [4.78, 5) is 11.2. The number of hydrogen-bond acceptors (Lipinski definition) is 2. The highest BCUT2D eigenvalue weighted by atomic mass is 16.3. The molecule has 2 heteroatoms. The summed E-state index contributed by atoms with van der Waals surface area (Å²) in [6.45, 7) is 14.7. The fourth-order valence-electron chi connectivity index (χ4n) is 9.59. The number of nitroso groups, excluding NO2 is 1. The van der Waals surface area contributed by atoms with Crippen LogP contribution >= 0.6 is 0 Å². The van der Waals surface area contributed by atoms with Gasteiger partial charge in [-0.05, 0) is 122 Å². The molecule has 0 radical (unpaired) electrons. The molecule has 4 aliphatic carbocycles. The van der Waals surface area contributed by atoms with Crippen molar-refractivity contribution in [3.8, 4) is 0 Å². The minimum Gasteiger partial charge on any atom is -0.151 e. The largest absolute Gasteiger partial charge is 0.151 e. The van der Waals surface area contributed by atoms with Crippen LogP contribution in [0.1, 0.15) is 112 Å². The van der Waals surface area contributed by atoms with Gasteiger partial charge in [-0.15, -0.1) is 0 Å². The van der Waals surface area contributed by atoms with E-state index in [1.54, 1.807) is 0 Å². The molecule has 10 atom stereocenters. The number of fused-ring (bicyclic) bond motifs is 5. The standard InChI is InChI=1S/C28H49NO/c1-18(2)26(29-30)12-7-20(4)23-10-11-24-22-9-8-21-17-19(3)13-15-27(21,5)25(22)14-16-28(23,24)6/h18-26H,7-17H2,1-6H3/t19-,20+,21?,22?,23+,24?,25?,26+,27-,28+/m0/s1. The van der Waals surface area contributed by atoms with Gasteiger partial charge in [0.15, 0.2) is 0 Å². The molecule has 0 aromatic heterocycles. The van der Waals surface area contributed by atoms with Crippen LogP contribution in [0.3, 0.4) is 0 Å². The van der Waals surface area contributed by atoms with Gasteiger partial charge in [0, 0.05) is 0 Å². The van der Waals surface area contributed by atoms with Gasteiger partial charge in [0.05, 0.1) is 6.04 Å². The summed E-state index contributed by atoms with van der Waals surface area (Å²) in [5.41, 5.74) is 1.19. The molecule has 0 bridgehead atoms. The van der Waals surface area contributed by atoms with Gasteiger partial charge in [-0.3, -0.25) is 0 Å². The van der Waals surface area contributed by atoms with E-state index in [4.69, 9.17) is 0 Å². The SMILES string of the molecule is CC(C)[C@@H](CC[C@@H](C)[C@H]1CCC2C3CCC4C[C@@H](C)CC[C@]4(C)C3CC[C@@]21C)N=O. The van der Waals surface area contributed by atoms with Crippen molar-refractivity contribution in [3.05, 3.63) is 4.91 Å². The van der Waals surface area contributed by atoms with Crippen molar-refractivity contribution in [1.29, 1.82) is 0 Å². The van der Waals surface area contributed by atoms with Gasteiger partial charge in [-0.1, -0.05) is 53.1 Å². The molecule has 0 aliphatic heterocycles. The van der Waals surface area contributed by atoms with Crippen molar-refractivity contribution in [3.63, 3.8) is 0 Å². The predicted molar refractivity (Wildman–Crippen MR) is 127 cm³/mol. The number of hydrogen-bond donors (Lipinski definition) is 0. The van der Waals surface area contributed by atoms with Gasteiger partial charge in [-0.2, -0.15) is 4.91 Å². The molecule has 172 valence electrons. The predicted octanol–water partition coefficient (Wildman–Crippen LogP) is 8.49. The summed E-state index contributed by atoms with van der Waals surface area (Å²) in [6, 6.07) is 0.0112. The molecule has 0 aromatic carbocycles. The zero-order chi connectivity index (χ0) is 21.7. The molecule has 0 spiro atoms. The van der Waals surface area contributed by atoms with E-state index in [2.05, 4.69) is 46.7 Å². The highest BCUT2D eigenvalue weighted by Crippen LogP contribution is 2.68. The molecule has 4 unspecified atom stereocenters. The summed E-state index contributed by atoms with van der Waals surface area (Å²) >= 11 is 0. The Balaban J connectivity index is 1.45. The van der Waals surface area contributed by atoms with Gasteiger partial charge in [0.2, 0.25) is 0 Å². The van der Waals surface area contributed by atoms with Crippen LogP contribution in [0.2, 0.25) is 0 Å². The van der Waals surface area contributed by atoms with Crippen LogP contribution in [0, 0.1) is 63.1 Å². The highest BCUT2D eigenvalue weighted by molar-refractivity contribution is 5.09. The Morgan fingerprint density at radius 1 is 0.867 bits per heavy atom. The smallest absolute Gasteiger partial charge is 0.0942 e. The zero-order valence-electron chi connectivity index (χ0n) is 20.8. The molecule has 2 nitrogen and oxygen atoms in total. The fraction of sp³-hybridized carbons (Fsp3) is 1.00. The third-order valence-electron chi connectivity index (χ3n) is 11.5. The maximum absolute atomic E-state index is 11.2. The lowest BCUT2D eigenvalue weighted by atomic mass is 9.44. The maximum atomic E-state index is 11.2. The zero-order valence-corrected chi connectivity index (χ0v) is 20.8. The van der Waals surface area contributed by atoms with Crippen molar-refractivity contribution in [2.45, 2.75) is 118 Å². The third-order valence-corrected chi connectivity index (χ3v) is 11.5. The summed E-state index contributed by atoms with van der Waals surface area (Å²) in [6.07, 6.45) is 15.5. The second-order valence-corrected chi connectivity index (χ2v) is 13.2. The van der Waals surface area contributed by atoms with Gasteiger partial charge in [-0.25, -0.2) is 0 Å². The average molecular weight is 416 g/mol. The van der Waals surface area contributed by atoms with Gasteiger partial charge in [0.25, 0.3) is 0 Å². The Kier molecular flexibility index (Phi) is 6.46. The van der Waals surface area contributed by atoms with E-state index in [0.717, 1.165) is 47.8 Å². The first-order valence-corrected chi connectivity index (χ1v) is 13.5. The topological polar surface area (TPSA) is 29.4 Å². The van der Waals surface area contributed by atoms with Crippen LogP contribution in [-0.4, -0.2) is 6.04 Å². The van der Waals surface area contributed by atoms with E-state index in [0.29, 0.717) is 16.7 Å². The van der Waals surface area contributed by atoms with E-state index in [1.165, 1.54) is 64.2 Å². The van der Waals surface area contributed by atoms with Crippen LogP contribution in [0.25, 0.3) is 0 Å². The second kappa shape index (κ2) is 8.51. The van der Waals surface area contributed by atoms with Crippen molar-refractivity contribution >= 4 is 0 Å². The molecule has 30 heavy (non-hydrogen) atoms. The minimum atomic E-state index is 0.0112. The van der Waals surface area contributed by atoms with Crippen molar-refractivity contribution in [2.24, 2.45) is 63.4 Å². The van der Waals surface area contributed by atoms with Gasteiger partial charge < -0.3 is 0 Å². The van der Waals surface area contributed by atoms with Crippen molar-refractivity contribution < 1.29 is 0 Å². The molecule has 4 aliphatic rings. The molecule has 4 rings (SSSR count). The summed E-state index contributed by atoms with van der Waals surface area (Å²) in [5.74, 6) is 6.91.